The molecule has 1 aromatic rings. The van der Waals surface area contributed by atoms with E-state index in [1.807, 2.05) is 13.8 Å². The lowest BCUT2D eigenvalue weighted by Gasteiger charge is -2.14. The average molecular weight is 307 g/mol. The number of ether oxygens (including phenoxy) is 3. The quantitative estimate of drug-likeness (QED) is 0.615. The van der Waals surface area contributed by atoms with Crippen molar-refractivity contribution in [1.82, 2.24) is 5.32 Å². The van der Waals surface area contributed by atoms with Crippen LogP contribution in [0.2, 0.25) is 0 Å². The van der Waals surface area contributed by atoms with E-state index in [0.29, 0.717) is 17.1 Å². The predicted octanol–water partition coefficient (Wildman–Crippen LogP) is 1.94. The third kappa shape index (κ3) is 5.47. The molecule has 1 rings (SSSR count). The molecule has 0 saturated carbocycles. The molecule has 1 amide bonds. The van der Waals surface area contributed by atoms with Crippen LogP contribution in [0.1, 0.15) is 24.2 Å². The van der Waals surface area contributed by atoms with Gasteiger partial charge in [-0.3, -0.25) is 4.79 Å². The van der Waals surface area contributed by atoms with Crippen LogP contribution in [-0.4, -0.2) is 38.7 Å². The van der Waals surface area contributed by atoms with Gasteiger partial charge in [0.2, 0.25) is 0 Å². The molecule has 0 aliphatic carbocycles. The summed E-state index contributed by atoms with van der Waals surface area (Å²) in [7, 11) is 2.81. The lowest BCUT2D eigenvalue weighted by molar-refractivity contribution is -0.134. The normalized spacial score (nSPS) is 10.6. The molecule has 6 heteroatoms. The van der Waals surface area contributed by atoms with Crippen molar-refractivity contribution >= 4 is 11.9 Å². The van der Waals surface area contributed by atoms with Gasteiger partial charge in [0.15, 0.2) is 11.5 Å². The molecule has 0 heterocycles. The van der Waals surface area contributed by atoms with Crippen LogP contribution in [0.3, 0.4) is 0 Å². The largest absolute Gasteiger partial charge is 0.493 e. The topological polar surface area (TPSA) is 73.9 Å². The Hall–Kier alpha value is -2.50. The summed E-state index contributed by atoms with van der Waals surface area (Å²) in [5.74, 6) is 0.334. The minimum absolute atomic E-state index is 0.0111. The molecule has 0 unspecified atom stereocenters. The van der Waals surface area contributed by atoms with Crippen LogP contribution < -0.4 is 14.8 Å². The molecule has 22 heavy (non-hydrogen) atoms. The van der Waals surface area contributed by atoms with E-state index in [2.05, 4.69) is 10.1 Å². The Morgan fingerprint density at radius 3 is 2.55 bits per heavy atom. The summed E-state index contributed by atoms with van der Waals surface area (Å²) in [5.41, 5.74) is 0.444. The maximum atomic E-state index is 12.0. The van der Waals surface area contributed by atoms with Gasteiger partial charge >= 0.3 is 5.97 Å². The Labute approximate surface area is 130 Å². The van der Waals surface area contributed by atoms with Crippen LogP contribution in [-0.2, 0) is 9.53 Å². The van der Waals surface area contributed by atoms with Gasteiger partial charge in [0.05, 0.1) is 20.3 Å². The zero-order chi connectivity index (χ0) is 16.5. The van der Waals surface area contributed by atoms with Crippen molar-refractivity contribution < 1.29 is 23.8 Å². The first-order valence-electron chi connectivity index (χ1n) is 6.85. The van der Waals surface area contributed by atoms with Crippen molar-refractivity contribution in [1.29, 1.82) is 0 Å². The zero-order valence-electron chi connectivity index (χ0n) is 13.2. The molecule has 120 valence electrons. The maximum Gasteiger partial charge on any atom is 0.330 e. The summed E-state index contributed by atoms with van der Waals surface area (Å²) in [5, 5.41) is 2.66. The van der Waals surface area contributed by atoms with E-state index in [1.54, 1.807) is 18.2 Å². The second-order valence-corrected chi connectivity index (χ2v) is 4.67. The molecule has 0 saturated heterocycles. The van der Waals surface area contributed by atoms with E-state index in [4.69, 9.17) is 9.47 Å². The Morgan fingerprint density at radius 2 is 1.95 bits per heavy atom. The highest BCUT2D eigenvalue weighted by atomic mass is 16.5. The molecular weight excluding hydrogens is 286 g/mol. The number of hydrogen-bond donors (Lipinski definition) is 1. The number of carbonyl (C=O) groups is 2. The van der Waals surface area contributed by atoms with Gasteiger partial charge in [0.1, 0.15) is 0 Å². The number of rotatable bonds is 7. The van der Waals surface area contributed by atoms with Crippen molar-refractivity contribution in [3.05, 3.63) is 35.9 Å². The molecule has 0 aliphatic rings. The molecular formula is C16H21NO5. The smallest absolute Gasteiger partial charge is 0.330 e. The third-order valence-electron chi connectivity index (χ3n) is 2.62. The van der Waals surface area contributed by atoms with E-state index < -0.39 is 5.97 Å². The Bertz CT molecular complexity index is 551. The minimum Gasteiger partial charge on any atom is -0.493 e. The molecule has 0 bridgehead atoms. The van der Waals surface area contributed by atoms with Crippen molar-refractivity contribution in [2.75, 3.05) is 20.8 Å². The number of carbonyl (C=O) groups excluding carboxylic acids is 2. The third-order valence-corrected chi connectivity index (χ3v) is 2.62. The summed E-state index contributed by atoms with van der Waals surface area (Å²) >= 11 is 0. The van der Waals surface area contributed by atoms with E-state index in [9.17, 15) is 9.59 Å². The summed E-state index contributed by atoms with van der Waals surface area (Å²) in [6.07, 6.45) is 2.77. The highest BCUT2D eigenvalue weighted by molar-refractivity contribution is 5.95. The van der Waals surface area contributed by atoms with Crippen LogP contribution in [0.25, 0.3) is 0 Å². The zero-order valence-corrected chi connectivity index (χ0v) is 13.2. The van der Waals surface area contributed by atoms with Gasteiger partial charge in [0.25, 0.3) is 5.91 Å². The van der Waals surface area contributed by atoms with Gasteiger partial charge in [-0.25, -0.2) is 4.79 Å². The van der Waals surface area contributed by atoms with E-state index in [-0.39, 0.29) is 18.6 Å². The van der Waals surface area contributed by atoms with Crippen molar-refractivity contribution in [2.24, 2.45) is 0 Å². The monoisotopic (exact) mass is 307 g/mol. The van der Waals surface area contributed by atoms with Crippen LogP contribution in [0, 0.1) is 0 Å². The Balaban J connectivity index is 2.70. The first kappa shape index (κ1) is 17.6. The minimum atomic E-state index is -0.467. The number of methoxy groups -OCH3 is 2. The summed E-state index contributed by atoms with van der Waals surface area (Å²) < 4.78 is 15.3. The van der Waals surface area contributed by atoms with Crippen molar-refractivity contribution in [3.8, 4) is 11.5 Å². The van der Waals surface area contributed by atoms with Gasteiger partial charge in [-0.05, 0) is 32.0 Å². The van der Waals surface area contributed by atoms with Crippen molar-refractivity contribution in [3.63, 3.8) is 0 Å². The number of benzene rings is 1. The molecule has 0 aliphatic heterocycles. The molecule has 6 nitrogen and oxygen atoms in total. The van der Waals surface area contributed by atoms with Crippen LogP contribution in [0.5, 0.6) is 11.5 Å². The second kappa shape index (κ2) is 8.71. The molecule has 0 fully saturated rings. The van der Waals surface area contributed by atoms with Gasteiger partial charge in [-0.1, -0.05) is 6.08 Å². The molecule has 0 atom stereocenters. The number of amides is 1. The standard InChI is InChI=1S/C16H21NO5/c1-11(2)22-13-8-7-12(10-14(13)20-3)16(19)17-9-5-6-15(18)21-4/h5-8,10-11H,9H2,1-4H3,(H,17,19)/b6-5+. The lowest BCUT2D eigenvalue weighted by Crippen LogP contribution is -2.23. The summed E-state index contributed by atoms with van der Waals surface area (Å²) in [6.45, 7) is 4.04. The van der Waals surface area contributed by atoms with Crippen LogP contribution in [0.15, 0.2) is 30.4 Å². The predicted molar refractivity (Wildman–Crippen MR) is 82.2 cm³/mol. The fourth-order valence-electron chi connectivity index (χ4n) is 1.64. The highest BCUT2D eigenvalue weighted by Crippen LogP contribution is 2.28. The number of nitrogens with one attached hydrogen (secondary N) is 1. The molecule has 0 spiro atoms. The molecule has 1 aromatic carbocycles. The summed E-state index contributed by atoms with van der Waals surface area (Å²) in [4.78, 5) is 22.9. The molecule has 0 radical (unpaired) electrons. The van der Waals surface area contributed by atoms with E-state index in [1.165, 1.54) is 26.4 Å². The SMILES string of the molecule is COC(=O)/C=C/CNC(=O)c1ccc(OC(C)C)c(OC)c1. The number of hydrogen-bond acceptors (Lipinski definition) is 5. The Kier molecular flexibility index (Phi) is 6.95. The fraction of sp³-hybridized carbons (Fsp3) is 0.375. The Morgan fingerprint density at radius 1 is 1.23 bits per heavy atom. The first-order chi connectivity index (χ1) is 10.5. The maximum absolute atomic E-state index is 12.0. The fourth-order valence-corrected chi connectivity index (χ4v) is 1.64. The first-order valence-corrected chi connectivity index (χ1v) is 6.85. The second-order valence-electron chi connectivity index (χ2n) is 4.67. The van der Waals surface area contributed by atoms with Gasteiger partial charge in [0, 0.05) is 18.2 Å². The van der Waals surface area contributed by atoms with E-state index >= 15 is 0 Å². The molecule has 0 aromatic heterocycles. The highest BCUT2D eigenvalue weighted by Gasteiger charge is 2.11. The van der Waals surface area contributed by atoms with Crippen LogP contribution >= 0.6 is 0 Å². The summed E-state index contributed by atoms with van der Waals surface area (Å²) in [6, 6.07) is 4.95. The lowest BCUT2D eigenvalue weighted by atomic mass is 10.2. The number of esters is 1. The van der Waals surface area contributed by atoms with E-state index in [0.717, 1.165) is 0 Å². The average Bonchev–Trinajstić information content (AvgIpc) is 2.50. The van der Waals surface area contributed by atoms with Crippen molar-refractivity contribution in [2.45, 2.75) is 20.0 Å². The van der Waals surface area contributed by atoms with Gasteiger partial charge in [-0.15, -0.1) is 0 Å². The van der Waals surface area contributed by atoms with Gasteiger partial charge < -0.3 is 19.5 Å². The molecule has 1 N–H and O–H groups in total. The van der Waals surface area contributed by atoms with Gasteiger partial charge in [-0.2, -0.15) is 0 Å². The van der Waals surface area contributed by atoms with Crippen LogP contribution in [0.4, 0.5) is 0 Å².